The molecule has 0 amide bonds. The van der Waals surface area contributed by atoms with E-state index in [1.807, 2.05) is 6.07 Å². The van der Waals surface area contributed by atoms with Crippen molar-refractivity contribution in [2.24, 2.45) is 0 Å². The molecule has 0 aliphatic rings. The molecule has 0 unspecified atom stereocenters. The number of carboxylic acid groups (broad SMARTS) is 1. The molecule has 0 atom stereocenters. The molecule has 2 N–H and O–H groups in total. The van der Waals surface area contributed by atoms with E-state index in [0.29, 0.717) is 6.42 Å². The summed E-state index contributed by atoms with van der Waals surface area (Å²) in [5.41, 5.74) is 0.0491. The van der Waals surface area contributed by atoms with Gasteiger partial charge in [0.15, 0.2) is 0 Å². The van der Waals surface area contributed by atoms with Crippen LogP contribution in [0, 0.1) is 0 Å². The van der Waals surface area contributed by atoms with E-state index in [4.69, 9.17) is 0 Å². The highest BCUT2D eigenvalue weighted by Crippen LogP contribution is 2.25. The molecule has 0 saturated carbocycles. The summed E-state index contributed by atoms with van der Waals surface area (Å²) >= 11 is 0. The Labute approximate surface area is 117 Å². The topological polar surface area (TPSA) is 83.5 Å². The van der Waals surface area contributed by atoms with Crippen LogP contribution in [-0.4, -0.2) is 25.2 Å². The van der Waals surface area contributed by atoms with Crippen LogP contribution in [0.25, 0.3) is 10.8 Å². The Balaban J connectivity index is 2.55. The van der Waals surface area contributed by atoms with E-state index in [2.05, 4.69) is 4.72 Å². The first kappa shape index (κ1) is 14.3. The quantitative estimate of drug-likeness (QED) is 0.887. The summed E-state index contributed by atoms with van der Waals surface area (Å²) in [5, 5.41) is 10.8. The molecule has 0 fully saturated rings. The number of rotatable bonds is 5. The number of hydrogen-bond donors (Lipinski definition) is 2. The summed E-state index contributed by atoms with van der Waals surface area (Å²) in [7, 11) is -3.52. The number of fused-ring (bicyclic) bond motifs is 1. The summed E-state index contributed by atoms with van der Waals surface area (Å²) in [6.45, 7) is 1.75. The molecule has 2 rings (SSSR count). The van der Waals surface area contributed by atoms with Gasteiger partial charge in [-0.15, -0.1) is 0 Å². The highest BCUT2D eigenvalue weighted by molar-refractivity contribution is 7.92. The van der Waals surface area contributed by atoms with Gasteiger partial charge in [0.05, 0.1) is 17.0 Å². The third-order valence-electron chi connectivity index (χ3n) is 2.85. The van der Waals surface area contributed by atoms with Gasteiger partial charge >= 0.3 is 5.97 Å². The van der Waals surface area contributed by atoms with Gasteiger partial charge in [-0.05, 0) is 29.3 Å². The Bertz CT molecular complexity index is 753. The van der Waals surface area contributed by atoms with Crippen molar-refractivity contribution in [1.29, 1.82) is 0 Å². The number of hydrogen-bond acceptors (Lipinski definition) is 3. The number of benzene rings is 2. The van der Waals surface area contributed by atoms with E-state index in [1.165, 1.54) is 6.07 Å². The average molecular weight is 293 g/mol. The van der Waals surface area contributed by atoms with Crippen LogP contribution in [0.5, 0.6) is 0 Å². The predicted molar refractivity (Wildman–Crippen MR) is 78.6 cm³/mol. The number of sulfonamides is 1. The van der Waals surface area contributed by atoms with Gasteiger partial charge in [0.2, 0.25) is 10.0 Å². The second-order valence-corrected chi connectivity index (χ2v) is 6.31. The van der Waals surface area contributed by atoms with Crippen molar-refractivity contribution in [3.63, 3.8) is 0 Å². The third kappa shape index (κ3) is 3.08. The maximum absolute atomic E-state index is 11.8. The van der Waals surface area contributed by atoms with E-state index in [0.717, 1.165) is 10.8 Å². The van der Waals surface area contributed by atoms with E-state index >= 15 is 0 Å². The molecular weight excluding hydrogens is 278 g/mol. The Kier molecular flexibility index (Phi) is 3.94. The summed E-state index contributed by atoms with van der Waals surface area (Å²) < 4.78 is 26.0. The van der Waals surface area contributed by atoms with Gasteiger partial charge in [0.25, 0.3) is 0 Å². The lowest BCUT2D eigenvalue weighted by Gasteiger charge is -2.11. The van der Waals surface area contributed by atoms with Crippen LogP contribution in [0.4, 0.5) is 5.69 Å². The monoisotopic (exact) mass is 293 g/mol. The molecular formula is C14H15NO4S. The molecule has 0 aliphatic heterocycles. The Morgan fingerprint density at radius 3 is 2.35 bits per heavy atom. The smallest absolute Gasteiger partial charge is 0.337 e. The maximum Gasteiger partial charge on any atom is 0.337 e. The first-order valence-corrected chi connectivity index (χ1v) is 7.85. The second kappa shape index (κ2) is 5.50. The van der Waals surface area contributed by atoms with Crippen LogP contribution in [-0.2, 0) is 10.0 Å². The Hall–Kier alpha value is -2.08. The lowest BCUT2D eigenvalue weighted by atomic mass is 10.1. The van der Waals surface area contributed by atoms with E-state index in [-0.39, 0.29) is 17.0 Å². The van der Waals surface area contributed by atoms with Crippen molar-refractivity contribution in [3.8, 4) is 0 Å². The molecule has 2 aromatic carbocycles. The molecule has 0 aromatic heterocycles. The van der Waals surface area contributed by atoms with Crippen LogP contribution in [0.2, 0.25) is 0 Å². The van der Waals surface area contributed by atoms with Crippen molar-refractivity contribution in [3.05, 3.63) is 42.0 Å². The van der Waals surface area contributed by atoms with Crippen LogP contribution in [0.1, 0.15) is 23.7 Å². The molecule has 0 bridgehead atoms. The number of nitrogens with one attached hydrogen (secondary N) is 1. The Morgan fingerprint density at radius 2 is 1.80 bits per heavy atom. The fraction of sp³-hybridized carbons (Fsp3) is 0.214. The van der Waals surface area contributed by atoms with E-state index in [9.17, 15) is 18.3 Å². The normalized spacial score (nSPS) is 11.4. The van der Waals surface area contributed by atoms with E-state index < -0.39 is 16.0 Å². The molecule has 0 saturated heterocycles. The molecule has 0 radical (unpaired) electrons. The van der Waals surface area contributed by atoms with Gasteiger partial charge in [-0.25, -0.2) is 13.2 Å². The number of carboxylic acids is 1. The van der Waals surface area contributed by atoms with E-state index in [1.54, 1.807) is 31.2 Å². The molecule has 0 heterocycles. The minimum absolute atomic E-state index is 0.0428. The fourth-order valence-electron chi connectivity index (χ4n) is 1.99. The SMILES string of the molecule is CCCS(=O)(=O)Nc1cc2ccccc2cc1C(=O)O. The second-order valence-electron chi connectivity index (χ2n) is 4.47. The van der Waals surface area contributed by atoms with Gasteiger partial charge in [0, 0.05) is 0 Å². The van der Waals surface area contributed by atoms with Gasteiger partial charge in [0.1, 0.15) is 0 Å². The predicted octanol–water partition coefficient (Wildman–Crippen LogP) is 2.69. The zero-order valence-electron chi connectivity index (χ0n) is 11.0. The summed E-state index contributed by atoms with van der Waals surface area (Å²) in [5.74, 6) is -1.20. The molecule has 106 valence electrons. The highest BCUT2D eigenvalue weighted by Gasteiger charge is 2.16. The van der Waals surface area contributed by atoms with Crippen LogP contribution >= 0.6 is 0 Å². The Morgan fingerprint density at radius 1 is 1.20 bits per heavy atom. The minimum atomic E-state index is -3.52. The zero-order chi connectivity index (χ0) is 14.8. The molecule has 0 spiro atoms. The first-order valence-electron chi connectivity index (χ1n) is 6.19. The first-order chi connectivity index (χ1) is 9.43. The van der Waals surface area contributed by atoms with Crippen molar-refractivity contribution < 1.29 is 18.3 Å². The number of anilines is 1. The van der Waals surface area contributed by atoms with Crippen LogP contribution in [0.3, 0.4) is 0 Å². The summed E-state index contributed by atoms with van der Waals surface area (Å²) in [6.07, 6.45) is 0.464. The standard InChI is InChI=1S/C14H15NO4S/c1-2-7-20(18,19)15-13-9-11-6-4-3-5-10(11)8-12(13)14(16)17/h3-6,8-9,15H,2,7H2,1H3,(H,16,17). The third-order valence-corrected chi connectivity index (χ3v) is 4.33. The average Bonchev–Trinajstić information content (AvgIpc) is 2.37. The molecule has 5 nitrogen and oxygen atoms in total. The molecule has 0 aliphatic carbocycles. The van der Waals surface area contributed by atoms with Crippen molar-refractivity contribution >= 4 is 32.5 Å². The number of aromatic carboxylic acids is 1. The molecule has 20 heavy (non-hydrogen) atoms. The fourth-order valence-corrected chi connectivity index (χ4v) is 3.13. The molecule has 6 heteroatoms. The van der Waals surface area contributed by atoms with Gasteiger partial charge < -0.3 is 5.11 Å². The lowest BCUT2D eigenvalue weighted by molar-refractivity contribution is 0.0698. The van der Waals surface area contributed by atoms with Crippen molar-refractivity contribution in [2.45, 2.75) is 13.3 Å². The largest absolute Gasteiger partial charge is 0.478 e. The number of carbonyl (C=O) groups is 1. The van der Waals surface area contributed by atoms with Gasteiger partial charge in [-0.3, -0.25) is 4.72 Å². The lowest BCUT2D eigenvalue weighted by Crippen LogP contribution is -2.18. The summed E-state index contributed by atoms with van der Waals surface area (Å²) in [4.78, 5) is 11.3. The van der Waals surface area contributed by atoms with Gasteiger partial charge in [-0.1, -0.05) is 31.2 Å². The summed E-state index contributed by atoms with van der Waals surface area (Å²) in [6, 6.07) is 10.2. The van der Waals surface area contributed by atoms with Crippen molar-refractivity contribution in [1.82, 2.24) is 0 Å². The zero-order valence-corrected chi connectivity index (χ0v) is 11.8. The van der Waals surface area contributed by atoms with Crippen molar-refractivity contribution in [2.75, 3.05) is 10.5 Å². The molecule has 2 aromatic rings. The van der Waals surface area contributed by atoms with Crippen LogP contribution in [0.15, 0.2) is 36.4 Å². The van der Waals surface area contributed by atoms with Gasteiger partial charge in [-0.2, -0.15) is 0 Å². The maximum atomic E-state index is 11.8. The minimum Gasteiger partial charge on any atom is -0.478 e. The highest BCUT2D eigenvalue weighted by atomic mass is 32.2. The van der Waals surface area contributed by atoms with Crippen LogP contribution < -0.4 is 4.72 Å².